The summed E-state index contributed by atoms with van der Waals surface area (Å²) in [5, 5.41) is 9.14. The van der Waals surface area contributed by atoms with E-state index in [2.05, 4.69) is 9.88 Å². The van der Waals surface area contributed by atoms with Crippen molar-refractivity contribution in [2.45, 2.75) is 32.4 Å². The first-order valence-corrected chi connectivity index (χ1v) is 6.09. The Morgan fingerprint density at radius 3 is 2.76 bits per heavy atom. The standard InChI is InChI=1S/C13H20N2O2/c1-10-11(9-16)3-6-13(14-10)15(7-8-17-2)12-4-5-12/h3,6,12,16H,4-5,7-9H2,1-2H3. The molecule has 1 aliphatic carbocycles. The van der Waals surface area contributed by atoms with Crippen LogP contribution in [-0.4, -0.2) is 36.4 Å². The lowest BCUT2D eigenvalue weighted by molar-refractivity contribution is 0.204. The minimum atomic E-state index is 0.0562. The molecule has 0 saturated heterocycles. The Kier molecular flexibility index (Phi) is 3.97. The summed E-state index contributed by atoms with van der Waals surface area (Å²) < 4.78 is 5.14. The molecule has 0 aliphatic heterocycles. The van der Waals surface area contributed by atoms with Gasteiger partial charge in [0.1, 0.15) is 5.82 Å². The molecule has 4 nitrogen and oxygen atoms in total. The van der Waals surface area contributed by atoms with Crippen LogP contribution in [0.25, 0.3) is 0 Å². The predicted octanol–water partition coefficient (Wildman–Crippen LogP) is 1.50. The number of aliphatic hydroxyl groups excluding tert-OH is 1. The van der Waals surface area contributed by atoms with Crippen LogP contribution in [0.3, 0.4) is 0 Å². The van der Waals surface area contributed by atoms with Crippen LogP contribution in [0.5, 0.6) is 0 Å². The van der Waals surface area contributed by atoms with E-state index in [9.17, 15) is 0 Å². The van der Waals surface area contributed by atoms with Crippen molar-refractivity contribution in [3.05, 3.63) is 23.4 Å². The number of hydrogen-bond acceptors (Lipinski definition) is 4. The van der Waals surface area contributed by atoms with E-state index in [1.807, 2.05) is 19.1 Å². The number of aromatic nitrogens is 1. The molecular weight excluding hydrogens is 216 g/mol. The Hall–Kier alpha value is -1.13. The van der Waals surface area contributed by atoms with Gasteiger partial charge in [0.25, 0.3) is 0 Å². The van der Waals surface area contributed by atoms with Gasteiger partial charge >= 0.3 is 0 Å². The van der Waals surface area contributed by atoms with Crippen LogP contribution in [-0.2, 0) is 11.3 Å². The molecule has 0 bridgehead atoms. The maximum atomic E-state index is 9.14. The molecule has 1 aromatic heterocycles. The third kappa shape index (κ3) is 2.96. The second kappa shape index (κ2) is 5.47. The van der Waals surface area contributed by atoms with Gasteiger partial charge in [0.2, 0.25) is 0 Å². The van der Waals surface area contributed by atoms with E-state index in [0.717, 1.165) is 30.2 Å². The molecule has 1 heterocycles. The summed E-state index contributed by atoms with van der Waals surface area (Å²) in [6, 6.07) is 4.57. The van der Waals surface area contributed by atoms with Gasteiger partial charge in [0.15, 0.2) is 0 Å². The molecule has 1 saturated carbocycles. The first-order chi connectivity index (χ1) is 8.26. The van der Waals surface area contributed by atoms with E-state index in [1.54, 1.807) is 7.11 Å². The van der Waals surface area contributed by atoms with Gasteiger partial charge in [-0.15, -0.1) is 0 Å². The number of pyridine rings is 1. The summed E-state index contributed by atoms with van der Waals surface area (Å²) in [4.78, 5) is 6.87. The number of aryl methyl sites for hydroxylation is 1. The quantitative estimate of drug-likeness (QED) is 0.813. The Morgan fingerprint density at radius 2 is 2.24 bits per heavy atom. The highest BCUT2D eigenvalue weighted by atomic mass is 16.5. The van der Waals surface area contributed by atoms with Gasteiger partial charge in [-0.05, 0) is 31.4 Å². The van der Waals surface area contributed by atoms with E-state index in [4.69, 9.17) is 9.84 Å². The van der Waals surface area contributed by atoms with E-state index in [-0.39, 0.29) is 6.61 Å². The molecule has 1 fully saturated rings. The SMILES string of the molecule is COCCN(c1ccc(CO)c(C)n1)C1CC1. The second-order valence-corrected chi connectivity index (χ2v) is 4.49. The molecule has 1 N–H and O–H groups in total. The molecule has 0 unspecified atom stereocenters. The zero-order chi connectivity index (χ0) is 12.3. The number of rotatable bonds is 6. The van der Waals surface area contributed by atoms with Crippen molar-refractivity contribution in [2.75, 3.05) is 25.2 Å². The van der Waals surface area contributed by atoms with Gasteiger partial charge in [-0.2, -0.15) is 0 Å². The summed E-state index contributed by atoms with van der Waals surface area (Å²) >= 11 is 0. The summed E-state index contributed by atoms with van der Waals surface area (Å²) in [6.45, 7) is 3.60. The van der Waals surface area contributed by atoms with Crippen molar-refractivity contribution in [2.24, 2.45) is 0 Å². The Balaban J connectivity index is 2.14. The van der Waals surface area contributed by atoms with Crippen LogP contribution in [0.4, 0.5) is 5.82 Å². The average Bonchev–Trinajstić information content (AvgIpc) is 3.14. The number of methoxy groups -OCH3 is 1. The van der Waals surface area contributed by atoms with Crippen molar-refractivity contribution >= 4 is 5.82 Å². The highest BCUT2D eigenvalue weighted by Crippen LogP contribution is 2.30. The smallest absolute Gasteiger partial charge is 0.129 e. The van der Waals surface area contributed by atoms with E-state index in [1.165, 1.54) is 12.8 Å². The molecule has 0 spiro atoms. The van der Waals surface area contributed by atoms with Gasteiger partial charge in [-0.1, -0.05) is 6.07 Å². The lowest BCUT2D eigenvalue weighted by Gasteiger charge is -2.23. The summed E-state index contributed by atoms with van der Waals surface area (Å²) in [7, 11) is 1.72. The van der Waals surface area contributed by atoms with Crippen molar-refractivity contribution in [1.82, 2.24) is 4.98 Å². The molecule has 4 heteroatoms. The fourth-order valence-corrected chi connectivity index (χ4v) is 1.96. The first kappa shape index (κ1) is 12.3. The number of aliphatic hydroxyl groups is 1. The molecule has 0 aromatic carbocycles. The monoisotopic (exact) mass is 236 g/mol. The lowest BCUT2D eigenvalue weighted by Crippen LogP contribution is -2.30. The van der Waals surface area contributed by atoms with Crippen LogP contribution in [0.2, 0.25) is 0 Å². The van der Waals surface area contributed by atoms with Crippen molar-refractivity contribution in [3.63, 3.8) is 0 Å². The van der Waals surface area contributed by atoms with Crippen molar-refractivity contribution < 1.29 is 9.84 Å². The number of hydrogen-bond donors (Lipinski definition) is 1. The van der Waals surface area contributed by atoms with Crippen LogP contribution in [0.15, 0.2) is 12.1 Å². The Bertz CT molecular complexity index is 378. The zero-order valence-electron chi connectivity index (χ0n) is 10.5. The first-order valence-electron chi connectivity index (χ1n) is 6.09. The fraction of sp³-hybridized carbons (Fsp3) is 0.615. The van der Waals surface area contributed by atoms with E-state index in [0.29, 0.717) is 6.04 Å². The molecule has 94 valence electrons. The summed E-state index contributed by atoms with van der Waals surface area (Å²) in [6.07, 6.45) is 2.48. The molecule has 0 atom stereocenters. The number of nitrogens with zero attached hydrogens (tertiary/aromatic N) is 2. The topological polar surface area (TPSA) is 45.6 Å². The summed E-state index contributed by atoms with van der Waals surface area (Å²) in [5.74, 6) is 0.999. The Morgan fingerprint density at radius 1 is 1.47 bits per heavy atom. The molecule has 1 aromatic rings. The largest absolute Gasteiger partial charge is 0.392 e. The molecule has 1 aliphatic rings. The average molecular weight is 236 g/mol. The van der Waals surface area contributed by atoms with Gasteiger partial charge in [-0.3, -0.25) is 0 Å². The minimum absolute atomic E-state index is 0.0562. The summed E-state index contributed by atoms with van der Waals surface area (Å²) in [5.41, 5.74) is 1.81. The van der Waals surface area contributed by atoms with Crippen molar-refractivity contribution in [1.29, 1.82) is 0 Å². The molecular formula is C13H20N2O2. The molecule has 0 amide bonds. The van der Waals surface area contributed by atoms with Gasteiger partial charge in [-0.25, -0.2) is 4.98 Å². The minimum Gasteiger partial charge on any atom is -0.392 e. The lowest BCUT2D eigenvalue weighted by atomic mass is 10.2. The highest BCUT2D eigenvalue weighted by Gasteiger charge is 2.29. The van der Waals surface area contributed by atoms with E-state index < -0.39 is 0 Å². The number of ether oxygens (including phenoxy) is 1. The Labute approximate surface area is 102 Å². The third-order valence-electron chi connectivity index (χ3n) is 3.17. The van der Waals surface area contributed by atoms with Crippen LogP contribution < -0.4 is 4.90 Å². The van der Waals surface area contributed by atoms with Gasteiger partial charge in [0.05, 0.1) is 13.2 Å². The highest BCUT2D eigenvalue weighted by molar-refractivity contribution is 5.44. The normalized spacial score (nSPS) is 15.0. The second-order valence-electron chi connectivity index (χ2n) is 4.49. The molecule has 17 heavy (non-hydrogen) atoms. The third-order valence-corrected chi connectivity index (χ3v) is 3.17. The van der Waals surface area contributed by atoms with Crippen LogP contribution >= 0.6 is 0 Å². The van der Waals surface area contributed by atoms with Crippen molar-refractivity contribution in [3.8, 4) is 0 Å². The van der Waals surface area contributed by atoms with Gasteiger partial charge in [0, 0.05) is 25.4 Å². The molecule has 0 radical (unpaired) electrons. The zero-order valence-corrected chi connectivity index (χ0v) is 10.5. The van der Waals surface area contributed by atoms with Crippen LogP contribution in [0.1, 0.15) is 24.1 Å². The number of anilines is 1. The fourth-order valence-electron chi connectivity index (χ4n) is 1.96. The maximum absolute atomic E-state index is 9.14. The predicted molar refractivity (Wildman–Crippen MR) is 67.1 cm³/mol. The molecule has 2 rings (SSSR count). The van der Waals surface area contributed by atoms with E-state index >= 15 is 0 Å². The van der Waals surface area contributed by atoms with Crippen LogP contribution in [0, 0.1) is 6.92 Å². The maximum Gasteiger partial charge on any atom is 0.129 e. The van der Waals surface area contributed by atoms with Gasteiger partial charge < -0.3 is 14.7 Å².